The highest BCUT2D eigenvalue weighted by molar-refractivity contribution is 5.97. The van der Waals surface area contributed by atoms with Crippen LogP contribution in [0, 0.1) is 0 Å². The molecule has 0 aliphatic carbocycles. The van der Waals surface area contributed by atoms with Crippen molar-refractivity contribution < 1.29 is 14.6 Å². The zero-order chi connectivity index (χ0) is 12.8. The first-order valence-electron chi connectivity index (χ1n) is 5.69. The molecule has 3 nitrogen and oxygen atoms in total. The van der Waals surface area contributed by atoms with Gasteiger partial charge < -0.3 is 9.84 Å². The molecule has 0 atom stereocenters. The van der Waals surface area contributed by atoms with Crippen molar-refractivity contribution in [3.8, 4) is 5.75 Å². The Kier molecular flexibility index (Phi) is 4.10. The number of ketones is 1. The third kappa shape index (κ3) is 3.43. The molecule has 0 saturated carbocycles. The summed E-state index contributed by atoms with van der Waals surface area (Å²) in [5.74, 6) is -0.0502. The van der Waals surface area contributed by atoms with Gasteiger partial charge >= 0.3 is 0 Å². The molecule has 0 aromatic heterocycles. The lowest BCUT2D eigenvalue weighted by molar-refractivity contribution is 0.0726. The summed E-state index contributed by atoms with van der Waals surface area (Å²) in [5.41, 5.74) is 1.49. The maximum atomic E-state index is 11.8. The first-order valence-corrected chi connectivity index (χ1v) is 5.69. The predicted octanol–water partition coefficient (Wildman–Crippen LogP) is 2.79. The van der Waals surface area contributed by atoms with E-state index in [4.69, 9.17) is 4.74 Å². The van der Waals surface area contributed by atoms with Crippen LogP contribution < -0.4 is 0 Å². The van der Waals surface area contributed by atoms with Gasteiger partial charge in [-0.2, -0.15) is 0 Å². The van der Waals surface area contributed by atoms with Crippen LogP contribution in [-0.2, 0) is 11.3 Å². The molecular formula is C15H14O3. The topological polar surface area (TPSA) is 46.5 Å². The summed E-state index contributed by atoms with van der Waals surface area (Å²) < 4.78 is 5.34. The van der Waals surface area contributed by atoms with E-state index in [9.17, 15) is 9.90 Å². The Labute approximate surface area is 106 Å². The van der Waals surface area contributed by atoms with Gasteiger partial charge in [0.2, 0.25) is 0 Å². The minimum atomic E-state index is -0.137. The van der Waals surface area contributed by atoms with Gasteiger partial charge in [-0.1, -0.05) is 42.5 Å². The van der Waals surface area contributed by atoms with E-state index in [0.29, 0.717) is 12.2 Å². The fourth-order valence-electron chi connectivity index (χ4n) is 1.60. The van der Waals surface area contributed by atoms with E-state index in [0.717, 1.165) is 5.56 Å². The van der Waals surface area contributed by atoms with Gasteiger partial charge in [-0.15, -0.1) is 0 Å². The average Bonchev–Trinajstić information content (AvgIpc) is 2.40. The van der Waals surface area contributed by atoms with Gasteiger partial charge in [0, 0.05) is 5.56 Å². The lowest BCUT2D eigenvalue weighted by Crippen LogP contribution is -2.08. The zero-order valence-corrected chi connectivity index (χ0v) is 9.87. The molecule has 0 aliphatic rings. The Hall–Kier alpha value is -2.13. The minimum Gasteiger partial charge on any atom is -0.508 e. The van der Waals surface area contributed by atoms with E-state index in [-0.39, 0.29) is 18.1 Å². The highest BCUT2D eigenvalue weighted by atomic mass is 16.5. The Balaban J connectivity index is 1.86. The molecule has 0 bridgehead atoms. The number of Topliss-reactive ketones (excluding diaryl/α,β-unsaturated/α-hetero) is 1. The van der Waals surface area contributed by atoms with Crippen molar-refractivity contribution in [3.63, 3.8) is 0 Å². The number of aromatic hydroxyl groups is 1. The van der Waals surface area contributed by atoms with Crippen LogP contribution in [0.25, 0.3) is 0 Å². The van der Waals surface area contributed by atoms with Gasteiger partial charge in [0.05, 0.1) is 6.61 Å². The van der Waals surface area contributed by atoms with Gasteiger partial charge in [-0.3, -0.25) is 4.79 Å². The molecule has 0 aliphatic heterocycles. The molecule has 3 heteroatoms. The smallest absolute Gasteiger partial charge is 0.188 e. The highest BCUT2D eigenvalue weighted by Gasteiger charge is 2.06. The van der Waals surface area contributed by atoms with Gasteiger partial charge in [-0.25, -0.2) is 0 Å². The molecule has 2 aromatic rings. The second-order valence-corrected chi connectivity index (χ2v) is 3.95. The number of benzene rings is 2. The van der Waals surface area contributed by atoms with Crippen LogP contribution in [0.4, 0.5) is 0 Å². The van der Waals surface area contributed by atoms with Crippen LogP contribution in [0.5, 0.6) is 5.75 Å². The van der Waals surface area contributed by atoms with E-state index in [1.165, 1.54) is 12.1 Å². The fourth-order valence-corrected chi connectivity index (χ4v) is 1.60. The molecule has 0 spiro atoms. The van der Waals surface area contributed by atoms with Crippen molar-refractivity contribution in [2.75, 3.05) is 6.61 Å². The van der Waals surface area contributed by atoms with E-state index in [1.54, 1.807) is 12.1 Å². The molecule has 0 amide bonds. The SMILES string of the molecule is O=C(COCc1ccccc1)c1cccc(O)c1. The predicted molar refractivity (Wildman–Crippen MR) is 68.5 cm³/mol. The maximum Gasteiger partial charge on any atom is 0.188 e. The Bertz CT molecular complexity index is 520. The molecule has 0 fully saturated rings. The molecule has 18 heavy (non-hydrogen) atoms. The van der Waals surface area contributed by atoms with Crippen LogP contribution in [0.1, 0.15) is 15.9 Å². The van der Waals surface area contributed by atoms with Crippen molar-refractivity contribution in [2.45, 2.75) is 6.61 Å². The highest BCUT2D eigenvalue weighted by Crippen LogP contribution is 2.11. The van der Waals surface area contributed by atoms with Crippen molar-refractivity contribution >= 4 is 5.78 Å². The second-order valence-electron chi connectivity index (χ2n) is 3.95. The molecule has 0 unspecified atom stereocenters. The van der Waals surface area contributed by atoms with Crippen LogP contribution in [0.2, 0.25) is 0 Å². The summed E-state index contributed by atoms with van der Waals surface area (Å²) in [6.07, 6.45) is 0. The van der Waals surface area contributed by atoms with Crippen molar-refractivity contribution in [1.29, 1.82) is 0 Å². The standard InChI is InChI=1S/C15H14O3/c16-14-8-4-7-13(9-14)15(17)11-18-10-12-5-2-1-3-6-12/h1-9,16H,10-11H2. The number of hydrogen-bond donors (Lipinski definition) is 1. The summed E-state index contributed by atoms with van der Waals surface area (Å²) in [6, 6.07) is 15.9. The first-order chi connectivity index (χ1) is 8.75. The van der Waals surface area contributed by atoms with Crippen LogP contribution >= 0.6 is 0 Å². The van der Waals surface area contributed by atoms with Crippen LogP contribution in [0.3, 0.4) is 0 Å². The molecule has 92 valence electrons. The largest absolute Gasteiger partial charge is 0.508 e. The average molecular weight is 242 g/mol. The van der Waals surface area contributed by atoms with E-state index >= 15 is 0 Å². The maximum absolute atomic E-state index is 11.8. The second kappa shape index (κ2) is 5.98. The van der Waals surface area contributed by atoms with Crippen molar-refractivity contribution in [2.24, 2.45) is 0 Å². The van der Waals surface area contributed by atoms with Crippen molar-refractivity contribution in [3.05, 3.63) is 65.7 Å². The zero-order valence-electron chi connectivity index (χ0n) is 9.87. The summed E-state index contributed by atoms with van der Waals surface area (Å²) in [7, 11) is 0. The lowest BCUT2D eigenvalue weighted by atomic mass is 10.1. The number of ether oxygens (including phenoxy) is 1. The van der Waals surface area contributed by atoms with Crippen molar-refractivity contribution in [1.82, 2.24) is 0 Å². The molecule has 2 aromatic carbocycles. The quantitative estimate of drug-likeness (QED) is 0.820. The molecule has 0 radical (unpaired) electrons. The Morgan fingerprint density at radius 3 is 2.56 bits per heavy atom. The lowest BCUT2D eigenvalue weighted by Gasteiger charge is -2.04. The first kappa shape index (κ1) is 12.3. The third-order valence-corrected chi connectivity index (χ3v) is 2.51. The molecule has 0 heterocycles. The summed E-state index contributed by atoms with van der Waals surface area (Å²) in [4.78, 5) is 11.8. The number of carbonyl (C=O) groups excluding carboxylic acids is 1. The number of rotatable bonds is 5. The molecular weight excluding hydrogens is 228 g/mol. The normalized spacial score (nSPS) is 10.2. The van der Waals surface area contributed by atoms with Gasteiger partial charge in [0.25, 0.3) is 0 Å². The van der Waals surface area contributed by atoms with E-state index in [2.05, 4.69) is 0 Å². The molecule has 2 rings (SSSR count). The third-order valence-electron chi connectivity index (χ3n) is 2.51. The summed E-state index contributed by atoms with van der Waals surface area (Å²) >= 11 is 0. The van der Waals surface area contributed by atoms with Gasteiger partial charge in [0.1, 0.15) is 12.4 Å². The fraction of sp³-hybridized carbons (Fsp3) is 0.133. The van der Waals surface area contributed by atoms with Gasteiger partial charge in [-0.05, 0) is 17.7 Å². The summed E-state index contributed by atoms with van der Waals surface area (Å²) in [5, 5.41) is 9.27. The minimum absolute atomic E-state index is 0.0122. The van der Waals surface area contributed by atoms with Crippen LogP contribution in [0.15, 0.2) is 54.6 Å². The molecule has 0 saturated heterocycles. The molecule has 1 N–H and O–H groups in total. The monoisotopic (exact) mass is 242 g/mol. The number of hydrogen-bond acceptors (Lipinski definition) is 3. The number of phenolic OH excluding ortho intramolecular Hbond substituents is 1. The summed E-state index contributed by atoms with van der Waals surface area (Å²) in [6.45, 7) is 0.420. The van der Waals surface area contributed by atoms with E-state index in [1.807, 2.05) is 30.3 Å². The van der Waals surface area contributed by atoms with E-state index < -0.39 is 0 Å². The number of carbonyl (C=O) groups is 1. The van der Waals surface area contributed by atoms with Crippen LogP contribution in [-0.4, -0.2) is 17.5 Å². The van der Waals surface area contributed by atoms with Gasteiger partial charge in [0.15, 0.2) is 5.78 Å². The number of phenols is 1. The Morgan fingerprint density at radius 1 is 1.06 bits per heavy atom. The Morgan fingerprint density at radius 2 is 1.83 bits per heavy atom.